The second-order valence-corrected chi connectivity index (χ2v) is 2.90. The number of hydrogen-bond acceptors (Lipinski definition) is 3. The Kier molecular flexibility index (Phi) is 3.41. The van der Waals surface area contributed by atoms with Gasteiger partial charge in [-0.15, -0.1) is 0 Å². The molecule has 1 heterocycles. The van der Waals surface area contributed by atoms with Gasteiger partial charge in [0.15, 0.2) is 0 Å². The van der Waals surface area contributed by atoms with Crippen LogP contribution in [0, 0.1) is 0 Å². The molecule has 0 saturated carbocycles. The van der Waals surface area contributed by atoms with Crippen molar-refractivity contribution in [3.05, 3.63) is 29.0 Å². The van der Waals surface area contributed by atoms with Crippen molar-refractivity contribution >= 4 is 23.5 Å². The fourth-order valence-electron chi connectivity index (χ4n) is 0.794. The monoisotopic (exact) mass is 214 g/mol. The molecule has 0 spiro atoms. The first kappa shape index (κ1) is 10.5. The summed E-state index contributed by atoms with van der Waals surface area (Å²) >= 11 is 5.59. The zero-order chi connectivity index (χ0) is 10.6. The summed E-state index contributed by atoms with van der Waals surface area (Å²) in [6, 6.07) is 1.41. The van der Waals surface area contributed by atoms with Crippen molar-refractivity contribution in [2.45, 2.75) is 0 Å². The molecule has 0 unspecified atom stereocenters. The van der Waals surface area contributed by atoms with Crippen LogP contribution in [0.4, 0.5) is 0 Å². The highest BCUT2D eigenvalue weighted by Crippen LogP contribution is 2.07. The molecular formula is C8H7ClN2O3. The Bertz CT molecular complexity index is 367. The number of pyridine rings is 1. The Hall–Kier alpha value is -1.62. The van der Waals surface area contributed by atoms with Gasteiger partial charge < -0.3 is 10.4 Å². The first-order valence-electron chi connectivity index (χ1n) is 3.70. The van der Waals surface area contributed by atoms with Gasteiger partial charge in [-0.05, 0) is 6.07 Å². The van der Waals surface area contributed by atoms with Gasteiger partial charge in [-0.1, -0.05) is 11.6 Å². The second-order valence-electron chi connectivity index (χ2n) is 2.47. The summed E-state index contributed by atoms with van der Waals surface area (Å²) < 4.78 is 0. The highest BCUT2D eigenvalue weighted by molar-refractivity contribution is 6.30. The SMILES string of the molecule is O=C(O)CNC(=O)c1cncc(Cl)c1. The summed E-state index contributed by atoms with van der Waals surface area (Å²) in [7, 11) is 0. The molecule has 0 aliphatic heterocycles. The summed E-state index contributed by atoms with van der Waals surface area (Å²) in [6.07, 6.45) is 2.69. The lowest BCUT2D eigenvalue weighted by Crippen LogP contribution is -2.29. The van der Waals surface area contributed by atoms with Crippen LogP contribution in [-0.2, 0) is 4.79 Å². The molecule has 74 valence electrons. The molecule has 0 saturated heterocycles. The lowest BCUT2D eigenvalue weighted by Gasteiger charge is -2.01. The van der Waals surface area contributed by atoms with Crippen LogP contribution < -0.4 is 5.32 Å². The Morgan fingerprint density at radius 2 is 2.21 bits per heavy atom. The minimum atomic E-state index is -1.10. The van der Waals surface area contributed by atoms with Gasteiger partial charge in [0, 0.05) is 12.4 Å². The van der Waals surface area contributed by atoms with Gasteiger partial charge in [-0.3, -0.25) is 14.6 Å². The van der Waals surface area contributed by atoms with E-state index in [-0.39, 0.29) is 5.56 Å². The predicted octanol–water partition coefficient (Wildman–Crippen LogP) is 0.549. The maximum atomic E-state index is 11.2. The van der Waals surface area contributed by atoms with Crippen LogP contribution in [0.1, 0.15) is 10.4 Å². The van der Waals surface area contributed by atoms with Crippen LogP contribution in [0.3, 0.4) is 0 Å². The molecule has 0 aliphatic rings. The average Bonchev–Trinajstić information content (AvgIpc) is 2.14. The number of carboxylic acid groups (broad SMARTS) is 1. The van der Waals surface area contributed by atoms with Gasteiger partial charge in [0.2, 0.25) is 0 Å². The molecule has 1 aromatic rings. The molecular weight excluding hydrogens is 208 g/mol. The molecule has 0 bridgehead atoms. The van der Waals surface area contributed by atoms with Crippen LogP contribution in [0.5, 0.6) is 0 Å². The first-order valence-corrected chi connectivity index (χ1v) is 4.08. The Labute approximate surface area is 84.7 Å². The van der Waals surface area contributed by atoms with Gasteiger partial charge in [-0.2, -0.15) is 0 Å². The Morgan fingerprint density at radius 1 is 1.50 bits per heavy atom. The zero-order valence-electron chi connectivity index (χ0n) is 7.03. The molecule has 1 amide bonds. The summed E-state index contributed by atoms with van der Waals surface area (Å²) in [5.41, 5.74) is 0.235. The van der Waals surface area contributed by atoms with Crippen molar-refractivity contribution in [3.63, 3.8) is 0 Å². The smallest absolute Gasteiger partial charge is 0.322 e. The summed E-state index contributed by atoms with van der Waals surface area (Å²) in [5, 5.41) is 10.8. The van der Waals surface area contributed by atoms with E-state index in [2.05, 4.69) is 10.3 Å². The van der Waals surface area contributed by atoms with Gasteiger partial charge in [0.05, 0.1) is 10.6 Å². The number of amides is 1. The number of halogens is 1. The van der Waals surface area contributed by atoms with Crippen molar-refractivity contribution in [3.8, 4) is 0 Å². The Morgan fingerprint density at radius 3 is 2.79 bits per heavy atom. The van der Waals surface area contributed by atoms with E-state index in [1.165, 1.54) is 18.5 Å². The van der Waals surface area contributed by atoms with Gasteiger partial charge in [-0.25, -0.2) is 0 Å². The first-order chi connectivity index (χ1) is 6.59. The number of carbonyl (C=O) groups excluding carboxylic acids is 1. The fourth-order valence-corrected chi connectivity index (χ4v) is 0.968. The van der Waals surface area contributed by atoms with Gasteiger partial charge in [0.1, 0.15) is 6.54 Å². The lowest BCUT2D eigenvalue weighted by molar-refractivity contribution is -0.135. The number of aliphatic carboxylic acids is 1. The summed E-state index contributed by atoms with van der Waals surface area (Å²) in [4.78, 5) is 25.1. The van der Waals surface area contributed by atoms with Crippen molar-refractivity contribution in [2.24, 2.45) is 0 Å². The van der Waals surface area contributed by atoms with E-state index < -0.39 is 18.4 Å². The van der Waals surface area contributed by atoms with Crippen molar-refractivity contribution < 1.29 is 14.7 Å². The third-order valence-electron chi connectivity index (χ3n) is 1.37. The quantitative estimate of drug-likeness (QED) is 0.770. The Balaban J connectivity index is 2.65. The number of aromatic nitrogens is 1. The summed E-state index contributed by atoms with van der Waals surface area (Å²) in [6.45, 7) is -0.425. The van der Waals surface area contributed by atoms with Crippen LogP contribution in [0.2, 0.25) is 5.02 Å². The maximum absolute atomic E-state index is 11.2. The van der Waals surface area contributed by atoms with Gasteiger partial charge in [0.25, 0.3) is 5.91 Å². The zero-order valence-corrected chi connectivity index (χ0v) is 7.78. The number of carboxylic acids is 1. The van der Waals surface area contributed by atoms with Crippen molar-refractivity contribution in [2.75, 3.05) is 6.54 Å². The fraction of sp³-hybridized carbons (Fsp3) is 0.125. The van der Waals surface area contributed by atoms with Gasteiger partial charge >= 0.3 is 5.97 Å². The predicted molar refractivity (Wildman–Crippen MR) is 49.2 cm³/mol. The molecule has 14 heavy (non-hydrogen) atoms. The molecule has 0 aromatic carbocycles. The number of nitrogens with zero attached hydrogens (tertiary/aromatic N) is 1. The third-order valence-corrected chi connectivity index (χ3v) is 1.57. The third kappa shape index (κ3) is 3.02. The maximum Gasteiger partial charge on any atom is 0.322 e. The number of rotatable bonds is 3. The normalized spacial score (nSPS) is 9.50. The van der Waals surface area contributed by atoms with Crippen molar-refractivity contribution in [1.82, 2.24) is 10.3 Å². The molecule has 0 radical (unpaired) electrons. The highest BCUT2D eigenvalue weighted by atomic mass is 35.5. The van der Waals surface area contributed by atoms with Crippen LogP contribution in [-0.4, -0.2) is 28.5 Å². The minimum Gasteiger partial charge on any atom is -0.480 e. The molecule has 0 aliphatic carbocycles. The van der Waals surface area contributed by atoms with Crippen LogP contribution in [0.15, 0.2) is 18.5 Å². The minimum absolute atomic E-state index is 0.235. The second kappa shape index (κ2) is 4.57. The molecule has 0 fully saturated rings. The highest BCUT2D eigenvalue weighted by Gasteiger charge is 2.07. The largest absolute Gasteiger partial charge is 0.480 e. The number of nitrogens with one attached hydrogen (secondary N) is 1. The number of hydrogen-bond donors (Lipinski definition) is 2. The van der Waals surface area contributed by atoms with Crippen LogP contribution in [0.25, 0.3) is 0 Å². The lowest BCUT2D eigenvalue weighted by atomic mass is 10.3. The van der Waals surface area contributed by atoms with E-state index in [1.807, 2.05) is 0 Å². The topological polar surface area (TPSA) is 79.3 Å². The van der Waals surface area contributed by atoms with E-state index in [9.17, 15) is 9.59 Å². The van der Waals surface area contributed by atoms with E-state index in [0.29, 0.717) is 5.02 Å². The molecule has 6 heteroatoms. The van der Waals surface area contributed by atoms with Crippen molar-refractivity contribution in [1.29, 1.82) is 0 Å². The standard InChI is InChI=1S/C8H7ClN2O3/c9-6-1-5(2-10-3-6)8(14)11-4-7(12)13/h1-3H,4H2,(H,11,14)(H,12,13). The van der Waals surface area contributed by atoms with E-state index in [4.69, 9.17) is 16.7 Å². The summed E-state index contributed by atoms with van der Waals surface area (Å²) in [5.74, 6) is -1.62. The van der Waals surface area contributed by atoms with E-state index >= 15 is 0 Å². The number of carbonyl (C=O) groups is 2. The van der Waals surface area contributed by atoms with E-state index in [1.54, 1.807) is 0 Å². The molecule has 2 N–H and O–H groups in total. The molecule has 0 atom stereocenters. The molecule has 5 nitrogen and oxygen atoms in total. The van der Waals surface area contributed by atoms with E-state index in [0.717, 1.165) is 0 Å². The average molecular weight is 215 g/mol. The molecule has 1 rings (SSSR count). The molecule has 1 aromatic heterocycles. The van der Waals surface area contributed by atoms with Crippen LogP contribution >= 0.6 is 11.6 Å².